The molecule has 0 bridgehead atoms. The zero-order valence-electron chi connectivity index (χ0n) is 17.8. The number of aromatic amines is 1. The third-order valence-electron chi connectivity index (χ3n) is 4.44. The molecule has 1 aromatic heterocycles. The van der Waals surface area contributed by atoms with Crippen LogP contribution >= 0.6 is 24.4 Å². The molecule has 0 saturated carbocycles. The maximum absolute atomic E-state index is 12.8. The maximum Gasteiger partial charge on any atom is 0.327 e. The molecule has 1 heterocycles. The number of nitrogens with one attached hydrogen (secondary N) is 4. The van der Waals surface area contributed by atoms with Crippen molar-refractivity contribution in [3.63, 3.8) is 0 Å². The normalized spacial score (nSPS) is 15.7. The molecule has 180 valence electrons. The Bertz CT molecular complexity index is 763. The SMILES string of the molecule is CSCCC(N)C(=O)NC(C(=O)NC(Cc1cnc[nH]1)C(=O)NC(CS)C(=O)O)C(C)O. The molecule has 3 amide bonds. The van der Waals surface area contributed by atoms with Crippen LogP contribution in [-0.2, 0) is 25.6 Å². The lowest BCUT2D eigenvalue weighted by molar-refractivity contribution is -0.141. The second kappa shape index (κ2) is 14.0. The minimum Gasteiger partial charge on any atom is -0.480 e. The van der Waals surface area contributed by atoms with Gasteiger partial charge >= 0.3 is 5.97 Å². The van der Waals surface area contributed by atoms with Crippen molar-refractivity contribution < 1.29 is 29.4 Å². The number of rotatable bonds is 14. The van der Waals surface area contributed by atoms with E-state index in [0.29, 0.717) is 17.9 Å². The first-order chi connectivity index (χ1) is 15.1. The van der Waals surface area contributed by atoms with Crippen LogP contribution in [0.4, 0.5) is 0 Å². The Labute approximate surface area is 195 Å². The average Bonchev–Trinajstić information content (AvgIpc) is 3.25. The van der Waals surface area contributed by atoms with Crippen LogP contribution in [0.2, 0.25) is 0 Å². The fraction of sp³-hybridized carbons (Fsp3) is 0.611. The fourth-order valence-corrected chi connectivity index (χ4v) is 3.32. The number of nitrogens with two attached hydrogens (primary N) is 1. The highest BCUT2D eigenvalue weighted by Crippen LogP contribution is 2.04. The number of hydrogen-bond acceptors (Lipinski definition) is 9. The Hall–Kier alpha value is -2.29. The molecule has 0 spiro atoms. The Morgan fingerprint density at radius 1 is 1.19 bits per heavy atom. The van der Waals surface area contributed by atoms with E-state index in [1.165, 1.54) is 31.2 Å². The van der Waals surface area contributed by atoms with E-state index in [4.69, 9.17) is 10.8 Å². The molecule has 0 saturated heterocycles. The summed E-state index contributed by atoms with van der Waals surface area (Å²) in [5, 5.41) is 26.3. The second-order valence-corrected chi connectivity index (χ2v) is 8.39. The number of aliphatic hydroxyl groups is 1. The van der Waals surface area contributed by atoms with E-state index in [2.05, 4.69) is 38.5 Å². The quantitative estimate of drug-likeness (QED) is 0.134. The van der Waals surface area contributed by atoms with E-state index in [9.17, 15) is 24.3 Å². The number of thiol groups is 1. The standard InChI is InChI=1S/C18H30N6O6S2/c1-9(25)14(24-15(26)11(19)3-4-32-2)17(28)22-12(5-10-6-20-8-21-10)16(27)23-13(7-31)18(29)30/h6,8-9,11-14,25,31H,3-5,7,19H2,1-2H3,(H,20,21)(H,22,28)(H,23,27)(H,24,26)(H,29,30). The number of aliphatic hydroxyl groups excluding tert-OH is 1. The average molecular weight is 491 g/mol. The molecule has 0 radical (unpaired) electrons. The number of aromatic nitrogens is 2. The van der Waals surface area contributed by atoms with Crippen molar-refractivity contribution in [1.82, 2.24) is 25.9 Å². The van der Waals surface area contributed by atoms with E-state index in [0.717, 1.165) is 0 Å². The number of thioether (sulfide) groups is 1. The van der Waals surface area contributed by atoms with Crippen LogP contribution in [0.25, 0.3) is 0 Å². The molecule has 0 aliphatic carbocycles. The molecule has 0 fully saturated rings. The first-order valence-corrected chi connectivity index (χ1v) is 11.8. The van der Waals surface area contributed by atoms with Gasteiger partial charge < -0.3 is 36.9 Å². The third kappa shape index (κ3) is 9.06. The number of amides is 3. The summed E-state index contributed by atoms with van der Waals surface area (Å²) >= 11 is 5.42. The number of carboxylic acid groups (broad SMARTS) is 1. The van der Waals surface area contributed by atoms with Gasteiger partial charge in [0.2, 0.25) is 17.7 Å². The number of H-pyrrole nitrogens is 1. The zero-order valence-corrected chi connectivity index (χ0v) is 19.5. The van der Waals surface area contributed by atoms with Gasteiger partial charge in [0.05, 0.1) is 18.5 Å². The Morgan fingerprint density at radius 2 is 1.84 bits per heavy atom. The molecule has 1 aromatic rings. The number of imidazole rings is 1. The molecular formula is C18H30N6O6S2. The summed E-state index contributed by atoms with van der Waals surface area (Å²) in [5.41, 5.74) is 6.31. The lowest BCUT2D eigenvalue weighted by Crippen LogP contribution is -2.60. The van der Waals surface area contributed by atoms with Gasteiger partial charge in [-0.25, -0.2) is 9.78 Å². The van der Waals surface area contributed by atoms with Gasteiger partial charge in [-0.05, 0) is 25.4 Å². The van der Waals surface area contributed by atoms with E-state index < -0.39 is 54.0 Å². The van der Waals surface area contributed by atoms with Crippen molar-refractivity contribution in [3.8, 4) is 0 Å². The molecule has 0 aliphatic heterocycles. The number of carbonyl (C=O) groups excluding carboxylic acids is 3. The van der Waals surface area contributed by atoms with Gasteiger partial charge in [0.15, 0.2) is 0 Å². The summed E-state index contributed by atoms with van der Waals surface area (Å²) in [7, 11) is 0. The molecule has 1 rings (SSSR count). The highest BCUT2D eigenvalue weighted by molar-refractivity contribution is 7.98. The molecule has 32 heavy (non-hydrogen) atoms. The van der Waals surface area contributed by atoms with Gasteiger partial charge in [-0.1, -0.05) is 0 Å². The molecule has 0 aromatic carbocycles. The van der Waals surface area contributed by atoms with Crippen LogP contribution in [0.15, 0.2) is 12.5 Å². The van der Waals surface area contributed by atoms with Gasteiger partial charge in [-0.3, -0.25) is 14.4 Å². The van der Waals surface area contributed by atoms with E-state index in [1.54, 1.807) is 0 Å². The number of aliphatic carboxylic acids is 1. The van der Waals surface area contributed by atoms with Gasteiger partial charge in [0.1, 0.15) is 18.1 Å². The largest absolute Gasteiger partial charge is 0.480 e. The topological polar surface area (TPSA) is 200 Å². The van der Waals surface area contributed by atoms with Crippen LogP contribution in [0.5, 0.6) is 0 Å². The predicted molar refractivity (Wildman–Crippen MR) is 122 cm³/mol. The zero-order chi connectivity index (χ0) is 24.3. The number of nitrogens with zero attached hydrogens (tertiary/aromatic N) is 1. The highest BCUT2D eigenvalue weighted by Gasteiger charge is 2.32. The molecule has 5 unspecified atom stereocenters. The maximum atomic E-state index is 12.8. The molecular weight excluding hydrogens is 460 g/mol. The number of carboxylic acids is 1. The Balaban J connectivity index is 2.96. The van der Waals surface area contributed by atoms with Crippen LogP contribution < -0.4 is 21.7 Å². The monoisotopic (exact) mass is 490 g/mol. The first kappa shape index (κ1) is 27.7. The van der Waals surface area contributed by atoms with Crippen molar-refractivity contribution in [1.29, 1.82) is 0 Å². The van der Waals surface area contributed by atoms with E-state index >= 15 is 0 Å². The van der Waals surface area contributed by atoms with Gasteiger partial charge in [-0.15, -0.1) is 0 Å². The van der Waals surface area contributed by atoms with Gasteiger partial charge in [-0.2, -0.15) is 24.4 Å². The van der Waals surface area contributed by atoms with Crippen molar-refractivity contribution in [3.05, 3.63) is 18.2 Å². The molecule has 8 N–H and O–H groups in total. The number of hydrogen-bond donors (Lipinski definition) is 8. The minimum absolute atomic E-state index is 0.0375. The van der Waals surface area contributed by atoms with Gasteiger partial charge in [0, 0.05) is 24.1 Å². The lowest BCUT2D eigenvalue weighted by atomic mass is 10.1. The molecule has 12 nitrogen and oxygen atoms in total. The molecule has 0 aliphatic rings. The van der Waals surface area contributed by atoms with Crippen molar-refractivity contribution >= 4 is 48.1 Å². The Kier molecular flexibility index (Phi) is 12.1. The van der Waals surface area contributed by atoms with Crippen LogP contribution in [0, 0.1) is 0 Å². The van der Waals surface area contributed by atoms with E-state index in [1.807, 2.05) is 6.26 Å². The van der Waals surface area contributed by atoms with Crippen molar-refractivity contribution in [2.45, 2.75) is 50.0 Å². The van der Waals surface area contributed by atoms with Crippen LogP contribution in [0.3, 0.4) is 0 Å². The van der Waals surface area contributed by atoms with E-state index in [-0.39, 0.29) is 12.2 Å². The summed E-state index contributed by atoms with van der Waals surface area (Å²) in [4.78, 5) is 55.7. The van der Waals surface area contributed by atoms with Crippen LogP contribution in [-0.4, -0.2) is 91.9 Å². The van der Waals surface area contributed by atoms with Crippen molar-refractivity contribution in [2.24, 2.45) is 5.73 Å². The predicted octanol–water partition coefficient (Wildman–Crippen LogP) is -2.12. The number of carbonyl (C=O) groups is 4. The van der Waals surface area contributed by atoms with Crippen molar-refractivity contribution in [2.75, 3.05) is 17.8 Å². The summed E-state index contributed by atoms with van der Waals surface area (Å²) in [6.45, 7) is 1.31. The Morgan fingerprint density at radius 3 is 2.34 bits per heavy atom. The molecule has 14 heteroatoms. The minimum atomic E-state index is -1.37. The van der Waals surface area contributed by atoms with Gasteiger partial charge in [0.25, 0.3) is 0 Å². The molecule has 5 atom stereocenters. The smallest absolute Gasteiger partial charge is 0.327 e. The highest BCUT2D eigenvalue weighted by atomic mass is 32.2. The first-order valence-electron chi connectivity index (χ1n) is 9.75. The third-order valence-corrected chi connectivity index (χ3v) is 5.45. The summed E-state index contributed by atoms with van der Waals surface area (Å²) in [5.74, 6) is -3.03. The lowest BCUT2D eigenvalue weighted by Gasteiger charge is -2.26. The van der Waals surface area contributed by atoms with Crippen LogP contribution in [0.1, 0.15) is 19.0 Å². The summed E-state index contributed by atoms with van der Waals surface area (Å²) < 4.78 is 0. The second-order valence-electron chi connectivity index (χ2n) is 7.04. The fourth-order valence-electron chi connectivity index (χ4n) is 2.59. The summed E-state index contributed by atoms with van der Waals surface area (Å²) in [6.07, 6.45) is 3.75. The summed E-state index contributed by atoms with van der Waals surface area (Å²) in [6, 6.07) is -4.73.